The zero-order valence-corrected chi connectivity index (χ0v) is 7.75. The van der Waals surface area contributed by atoms with E-state index in [0.29, 0.717) is 0 Å². The molecule has 1 atom stereocenters. The average Bonchev–Trinajstić information content (AvgIpc) is 2.03. The quantitative estimate of drug-likeness (QED) is 0.384. The summed E-state index contributed by atoms with van der Waals surface area (Å²) in [7, 11) is 1.37. The molecule has 0 saturated heterocycles. The van der Waals surface area contributed by atoms with Crippen LogP contribution >= 0.6 is 0 Å². The predicted molar refractivity (Wildman–Crippen MR) is 48.7 cm³/mol. The van der Waals surface area contributed by atoms with Crippen LogP contribution in [0.25, 0.3) is 0 Å². The fourth-order valence-corrected chi connectivity index (χ4v) is 0.805. The Balaban J connectivity index is 3.30. The van der Waals surface area contributed by atoms with Gasteiger partial charge in [0.2, 0.25) is 0 Å². The van der Waals surface area contributed by atoms with Crippen molar-refractivity contribution in [2.24, 2.45) is 5.73 Å². The molecule has 0 fully saturated rings. The molecule has 0 aliphatic rings. The Morgan fingerprint density at radius 1 is 1.67 bits per heavy atom. The second-order valence-electron chi connectivity index (χ2n) is 2.83. The highest BCUT2D eigenvalue weighted by Gasteiger charge is 1.92. The summed E-state index contributed by atoms with van der Waals surface area (Å²) in [6, 6.07) is 0.247. The highest BCUT2D eigenvalue weighted by Crippen LogP contribution is 1.99. The van der Waals surface area contributed by atoms with E-state index < -0.39 is 0 Å². The van der Waals surface area contributed by atoms with Crippen molar-refractivity contribution in [1.29, 1.82) is 0 Å². The Morgan fingerprint density at radius 2 is 2.33 bits per heavy atom. The monoisotopic (exact) mass is 171 g/mol. The average molecular weight is 171 g/mol. The molecule has 0 aliphatic heterocycles. The van der Waals surface area contributed by atoms with Gasteiger partial charge in [-0.25, -0.2) is 4.79 Å². The number of allylic oxidation sites excluding steroid dienone is 1. The molecular weight excluding hydrogens is 154 g/mol. The summed E-state index contributed by atoms with van der Waals surface area (Å²) >= 11 is 0. The van der Waals surface area contributed by atoms with E-state index in [1.54, 1.807) is 0 Å². The Hall–Kier alpha value is -0.830. The molecule has 0 bridgehead atoms. The maximum Gasteiger partial charge on any atom is 0.330 e. The van der Waals surface area contributed by atoms with Crippen molar-refractivity contribution in [3.05, 3.63) is 12.2 Å². The number of hydrogen-bond donors (Lipinski definition) is 1. The Labute approximate surface area is 73.6 Å². The van der Waals surface area contributed by atoms with Crippen LogP contribution in [0, 0.1) is 0 Å². The van der Waals surface area contributed by atoms with Crippen LogP contribution in [-0.2, 0) is 9.53 Å². The lowest BCUT2D eigenvalue weighted by Crippen LogP contribution is -2.13. The number of rotatable bonds is 5. The van der Waals surface area contributed by atoms with E-state index in [-0.39, 0.29) is 12.0 Å². The van der Waals surface area contributed by atoms with Gasteiger partial charge in [-0.15, -0.1) is 0 Å². The zero-order chi connectivity index (χ0) is 9.40. The van der Waals surface area contributed by atoms with Crippen LogP contribution in [0.2, 0.25) is 0 Å². The van der Waals surface area contributed by atoms with E-state index in [9.17, 15) is 4.79 Å². The summed E-state index contributed by atoms with van der Waals surface area (Å²) in [5.41, 5.74) is 5.54. The largest absolute Gasteiger partial charge is 0.466 e. The van der Waals surface area contributed by atoms with Gasteiger partial charge in [-0.05, 0) is 26.2 Å². The van der Waals surface area contributed by atoms with Crippen LogP contribution in [0.1, 0.15) is 26.2 Å². The molecule has 0 amide bonds. The third kappa shape index (κ3) is 7.28. The number of carbonyl (C=O) groups excluding carboxylic acids is 1. The zero-order valence-electron chi connectivity index (χ0n) is 7.75. The molecule has 3 nitrogen and oxygen atoms in total. The molecule has 0 aromatic carbocycles. The molecule has 0 aliphatic carbocycles. The van der Waals surface area contributed by atoms with Crippen molar-refractivity contribution in [2.75, 3.05) is 7.11 Å². The summed E-state index contributed by atoms with van der Waals surface area (Å²) in [6.07, 6.45) is 6.16. The highest BCUT2D eigenvalue weighted by molar-refractivity contribution is 5.81. The lowest BCUT2D eigenvalue weighted by atomic mass is 10.1. The summed E-state index contributed by atoms with van der Waals surface area (Å²) in [6.45, 7) is 1.98. The molecule has 1 unspecified atom stereocenters. The van der Waals surface area contributed by atoms with Gasteiger partial charge in [0.05, 0.1) is 7.11 Å². The van der Waals surface area contributed by atoms with Gasteiger partial charge >= 0.3 is 5.97 Å². The number of esters is 1. The summed E-state index contributed by atoms with van der Waals surface area (Å²) in [4.78, 5) is 10.6. The second kappa shape index (κ2) is 6.85. The van der Waals surface area contributed by atoms with Gasteiger partial charge in [-0.2, -0.15) is 0 Å². The standard InChI is InChI=1S/C9H17NO2/c1-8(10)6-4-3-5-7-9(11)12-2/h5,7-8H,3-4,6,10H2,1-2H3. The molecule has 0 saturated carbocycles. The minimum absolute atomic E-state index is 0.247. The second-order valence-corrected chi connectivity index (χ2v) is 2.83. The van der Waals surface area contributed by atoms with Crippen molar-refractivity contribution in [3.63, 3.8) is 0 Å². The normalized spacial score (nSPS) is 13.2. The van der Waals surface area contributed by atoms with Crippen LogP contribution in [0.3, 0.4) is 0 Å². The van der Waals surface area contributed by atoms with Gasteiger partial charge in [-0.1, -0.05) is 6.08 Å². The summed E-state index contributed by atoms with van der Waals surface area (Å²) in [5.74, 6) is -0.296. The van der Waals surface area contributed by atoms with Crippen molar-refractivity contribution in [2.45, 2.75) is 32.2 Å². The molecule has 0 rings (SSSR count). The van der Waals surface area contributed by atoms with E-state index in [4.69, 9.17) is 5.73 Å². The first-order chi connectivity index (χ1) is 5.66. The van der Waals surface area contributed by atoms with Crippen LogP contribution in [0.5, 0.6) is 0 Å². The lowest BCUT2D eigenvalue weighted by molar-refractivity contribution is -0.134. The van der Waals surface area contributed by atoms with Gasteiger partial charge in [0.25, 0.3) is 0 Å². The van der Waals surface area contributed by atoms with Gasteiger partial charge < -0.3 is 10.5 Å². The fraction of sp³-hybridized carbons (Fsp3) is 0.667. The number of nitrogens with two attached hydrogens (primary N) is 1. The highest BCUT2D eigenvalue weighted by atomic mass is 16.5. The number of unbranched alkanes of at least 4 members (excludes halogenated alkanes) is 1. The van der Waals surface area contributed by atoms with E-state index in [1.807, 2.05) is 13.0 Å². The molecular formula is C9H17NO2. The number of hydrogen-bond acceptors (Lipinski definition) is 3. The third-order valence-electron chi connectivity index (χ3n) is 1.49. The first-order valence-corrected chi connectivity index (χ1v) is 4.17. The molecule has 0 heterocycles. The van der Waals surface area contributed by atoms with E-state index in [1.165, 1.54) is 13.2 Å². The Bertz CT molecular complexity index is 153. The van der Waals surface area contributed by atoms with Crippen LogP contribution in [0.15, 0.2) is 12.2 Å². The van der Waals surface area contributed by atoms with Crippen LogP contribution in [-0.4, -0.2) is 19.1 Å². The first-order valence-electron chi connectivity index (χ1n) is 4.17. The van der Waals surface area contributed by atoms with Crippen LogP contribution in [0.4, 0.5) is 0 Å². The Morgan fingerprint density at radius 3 is 2.83 bits per heavy atom. The summed E-state index contributed by atoms with van der Waals surface area (Å²) in [5, 5.41) is 0. The third-order valence-corrected chi connectivity index (χ3v) is 1.49. The van der Waals surface area contributed by atoms with Crippen LogP contribution < -0.4 is 5.73 Å². The topological polar surface area (TPSA) is 52.3 Å². The van der Waals surface area contributed by atoms with Gasteiger partial charge in [0.15, 0.2) is 0 Å². The van der Waals surface area contributed by atoms with E-state index in [2.05, 4.69) is 4.74 Å². The maximum absolute atomic E-state index is 10.6. The summed E-state index contributed by atoms with van der Waals surface area (Å²) < 4.78 is 4.43. The Kier molecular flexibility index (Phi) is 6.38. The molecule has 2 N–H and O–H groups in total. The molecule has 0 aromatic rings. The van der Waals surface area contributed by atoms with Crippen molar-refractivity contribution in [1.82, 2.24) is 0 Å². The van der Waals surface area contributed by atoms with Gasteiger partial charge in [0.1, 0.15) is 0 Å². The number of ether oxygens (including phenoxy) is 1. The van der Waals surface area contributed by atoms with Crippen molar-refractivity contribution in [3.8, 4) is 0 Å². The molecule has 12 heavy (non-hydrogen) atoms. The molecule has 0 spiro atoms. The molecule has 3 heteroatoms. The van der Waals surface area contributed by atoms with Crippen molar-refractivity contribution >= 4 is 5.97 Å². The SMILES string of the molecule is COC(=O)C=CCCCC(C)N. The van der Waals surface area contributed by atoms with E-state index in [0.717, 1.165) is 19.3 Å². The number of carbonyl (C=O) groups is 1. The predicted octanol–water partition coefficient (Wildman–Crippen LogP) is 1.23. The fourth-order valence-electron chi connectivity index (χ4n) is 0.805. The van der Waals surface area contributed by atoms with E-state index >= 15 is 0 Å². The number of methoxy groups -OCH3 is 1. The molecule has 0 radical (unpaired) electrons. The molecule has 70 valence electrons. The first kappa shape index (κ1) is 11.2. The van der Waals surface area contributed by atoms with Gasteiger partial charge in [-0.3, -0.25) is 0 Å². The smallest absolute Gasteiger partial charge is 0.330 e. The minimum atomic E-state index is -0.296. The maximum atomic E-state index is 10.6. The minimum Gasteiger partial charge on any atom is -0.466 e. The van der Waals surface area contributed by atoms with Crippen molar-refractivity contribution < 1.29 is 9.53 Å². The lowest BCUT2D eigenvalue weighted by Gasteiger charge is -2.00. The van der Waals surface area contributed by atoms with Gasteiger partial charge in [0, 0.05) is 12.1 Å². The molecule has 0 aromatic heterocycles.